The fourth-order valence-electron chi connectivity index (χ4n) is 2.55. The highest BCUT2D eigenvalue weighted by atomic mass is 35.5. The number of amides is 2. The van der Waals surface area contributed by atoms with Crippen molar-refractivity contribution in [3.63, 3.8) is 0 Å². The van der Waals surface area contributed by atoms with Crippen molar-refractivity contribution in [1.29, 1.82) is 0 Å². The molecule has 0 spiro atoms. The van der Waals surface area contributed by atoms with Gasteiger partial charge in [0.2, 0.25) is 0 Å². The van der Waals surface area contributed by atoms with E-state index in [1.165, 1.54) is 24.5 Å². The highest BCUT2D eigenvalue weighted by Crippen LogP contribution is 2.35. The molecule has 0 radical (unpaired) electrons. The van der Waals surface area contributed by atoms with Gasteiger partial charge in [0.15, 0.2) is 0 Å². The molecule has 1 N–H and O–H groups in total. The third-order valence-corrected chi connectivity index (χ3v) is 4.79. The zero-order valence-corrected chi connectivity index (χ0v) is 15.0. The Balaban J connectivity index is 2.09. The summed E-state index contributed by atoms with van der Waals surface area (Å²) in [6.07, 6.45) is 1.52. The van der Waals surface area contributed by atoms with Crippen LogP contribution in [0.1, 0.15) is 4.88 Å². The number of ether oxygens (including phenoxy) is 1. The Morgan fingerprint density at radius 1 is 1.32 bits per heavy atom. The largest absolute Gasteiger partial charge is 0.495 e. The molecule has 0 saturated carbocycles. The third-order valence-electron chi connectivity index (χ3n) is 3.67. The summed E-state index contributed by atoms with van der Waals surface area (Å²) in [4.78, 5) is 27.4. The summed E-state index contributed by atoms with van der Waals surface area (Å²) < 4.78 is 5.31. The summed E-state index contributed by atoms with van der Waals surface area (Å²) in [5.41, 5.74) is 1.06. The van der Waals surface area contributed by atoms with E-state index in [0.717, 1.165) is 4.90 Å². The minimum atomic E-state index is -0.407. The van der Waals surface area contributed by atoms with Crippen molar-refractivity contribution in [2.75, 3.05) is 19.0 Å². The molecular weight excluding hydrogens is 360 g/mol. The van der Waals surface area contributed by atoms with Crippen LogP contribution < -0.4 is 10.1 Å². The average Bonchev–Trinajstić information content (AvgIpc) is 3.19. The van der Waals surface area contributed by atoms with Gasteiger partial charge in [-0.2, -0.15) is 0 Å². The van der Waals surface area contributed by atoms with Gasteiger partial charge in [0.05, 0.1) is 18.4 Å². The molecule has 1 aromatic carbocycles. The number of nitrogens with zero attached hydrogens (tertiary/aromatic N) is 1. The molecule has 3 rings (SSSR count). The van der Waals surface area contributed by atoms with Gasteiger partial charge in [0.25, 0.3) is 11.8 Å². The molecule has 5 nitrogen and oxygen atoms in total. The highest BCUT2D eigenvalue weighted by molar-refractivity contribution is 7.11. The smallest absolute Gasteiger partial charge is 0.278 e. The van der Waals surface area contributed by atoms with Crippen molar-refractivity contribution < 1.29 is 14.3 Å². The predicted molar refractivity (Wildman–Crippen MR) is 99.8 cm³/mol. The van der Waals surface area contributed by atoms with Crippen molar-refractivity contribution >= 4 is 46.0 Å². The van der Waals surface area contributed by atoms with Crippen molar-refractivity contribution in [2.24, 2.45) is 0 Å². The quantitative estimate of drug-likeness (QED) is 0.617. The van der Waals surface area contributed by atoms with Crippen molar-refractivity contribution in [3.8, 4) is 5.75 Å². The van der Waals surface area contributed by atoms with E-state index in [2.05, 4.69) is 11.9 Å². The Hall–Kier alpha value is -2.57. The molecule has 2 heterocycles. The minimum absolute atomic E-state index is 0.143. The van der Waals surface area contributed by atoms with Gasteiger partial charge in [-0.1, -0.05) is 23.7 Å². The Morgan fingerprint density at radius 2 is 2.12 bits per heavy atom. The van der Waals surface area contributed by atoms with Crippen LogP contribution in [0.3, 0.4) is 0 Å². The summed E-state index contributed by atoms with van der Waals surface area (Å²) in [6, 6.07) is 8.66. The first-order valence-corrected chi connectivity index (χ1v) is 8.68. The van der Waals surface area contributed by atoms with Gasteiger partial charge < -0.3 is 10.1 Å². The van der Waals surface area contributed by atoms with Crippen LogP contribution in [0.4, 0.5) is 5.69 Å². The number of anilines is 1. The van der Waals surface area contributed by atoms with E-state index in [0.29, 0.717) is 26.9 Å². The van der Waals surface area contributed by atoms with Crippen molar-refractivity contribution in [1.82, 2.24) is 4.90 Å². The van der Waals surface area contributed by atoms with Crippen LogP contribution in [0.5, 0.6) is 5.75 Å². The molecule has 0 saturated heterocycles. The lowest BCUT2D eigenvalue weighted by molar-refractivity contribution is -0.136. The number of carbonyl (C=O) groups excluding carboxylic acids is 2. The maximum atomic E-state index is 12.8. The van der Waals surface area contributed by atoms with E-state index in [1.807, 2.05) is 11.4 Å². The Labute approximate surface area is 154 Å². The molecule has 1 aliphatic heterocycles. The van der Waals surface area contributed by atoms with E-state index < -0.39 is 5.91 Å². The number of methoxy groups -OCH3 is 1. The maximum absolute atomic E-state index is 12.8. The molecule has 0 aliphatic carbocycles. The number of benzene rings is 1. The van der Waals surface area contributed by atoms with Crippen LogP contribution in [0.2, 0.25) is 5.02 Å². The lowest BCUT2D eigenvalue weighted by Crippen LogP contribution is -2.32. The van der Waals surface area contributed by atoms with Gasteiger partial charge in [-0.05, 0) is 29.6 Å². The lowest BCUT2D eigenvalue weighted by Gasteiger charge is -2.14. The van der Waals surface area contributed by atoms with E-state index in [-0.39, 0.29) is 18.1 Å². The van der Waals surface area contributed by atoms with Crippen LogP contribution >= 0.6 is 22.9 Å². The molecule has 2 amide bonds. The predicted octanol–water partition coefficient (Wildman–Crippen LogP) is 3.79. The first kappa shape index (κ1) is 17.3. The van der Waals surface area contributed by atoms with Gasteiger partial charge in [-0.15, -0.1) is 17.9 Å². The molecule has 1 aliphatic rings. The lowest BCUT2D eigenvalue weighted by atomic mass is 10.2. The molecule has 1 aromatic heterocycles. The molecule has 0 atom stereocenters. The van der Waals surface area contributed by atoms with E-state index in [1.54, 1.807) is 24.3 Å². The van der Waals surface area contributed by atoms with Gasteiger partial charge in [0, 0.05) is 16.4 Å². The molecule has 25 heavy (non-hydrogen) atoms. The van der Waals surface area contributed by atoms with Crippen LogP contribution in [-0.4, -0.2) is 30.4 Å². The SMILES string of the molecule is C=CCN1C(=O)C(Nc2cc(Cl)ccc2OC)=C(c2cccs2)C1=O. The monoisotopic (exact) mass is 374 g/mol. The Morgan fingerprint density at radius 3 is 2.76 bits per heavy atom. The first-order chi connectivity index (χ1) is 12.1. The number of hydrogen-bond acceptors (Lipinski definition) is 5. The molecular formula is C18H15ClN2O3S. The molecule has 128 valence electrons. The molecule has 2 aromatic rings. The Kier molecular flexibility index (Phi) is 4.92. The summed E-state index contributed by atoms with van der Waals surface area (Å²) >= 11 is 7.45. The molecule has 0 bridgehead atoms. The van der Waals surface area contributed by atoms with Crippen LogP contribution in [0.25, 0.3) is 5.57 Å². The standard InChI is InChI=1S/C18H15ClN2O3S/c1-3-8-21-17(22)15(14-5-4-9-25-14)16(18(21)23)20-12-10-11(19)6-7-13(12)24-2/h3-7,9-10,20H,1,8H2,2H3. The summed E-state index contributed by atoms with van der Waals surface area (Å²) in [5, 5.41) is 5.38. The molecule has 7 heteroatoms. The number of nitrogens with one attached hydrogen (secondary N) is 1. The molecule has 0 unspecified atom stereocenters. The maximum Gasteiger partial charge on any atom is 0.278 e. The fourth-order valence-corrected chi connectivity index (χ4v) is 3.49. The van der Waals surface area contributed by atoms with Crippen LogP contribution in [0.15, 0.2) is 54.1 Å². The Bertz CT molecular complexity index is 874. The van der Waals surface area contributed by atoms with Gasteiger partial charge >= 0.3 is 0 Å². The summed E-state index contributed by atoms with van der Waals surface area (Å²) in [6.45, 7) is 3.75. The van der Waals surface area contributed by atoms with Crippen LogP contribution in [0, 0.1) is 0 Å². The topological polar surface area (TPSA) is 58.6 Å². The fraction of sp³-hybridized carbons (Fsp3) is 0.111. The van der Waals surface area contributed by atoms with Gasteiger partial charge in [0.1, 0.15) is 11.4 Å². The average molecular weight is 375 g/mol. The number of hydrogen-bond donors (Lipinski definition) is 1. The minimum Gasteiger partial charge on any atom is -0.495 e. The zero-order valence-electron chi connectivity index (χ0n) is 13.4. The van der Waals surface area contributed by atoms with Gasteiger partial charge in [-0.3, -0.25) is 14.5 Å². The number of carbonyl (C=O) groups is 2. The van der Waals surface area contributed by atoms with Gasteiger partial charge in [-0.25, -0.2) is 0 Å². The molecule has 0 fully saturated rings. The second-order valence-corrected chi connectivity index (χ2v) is 6.59. The number of thiophene rings is 1. The first-order valence-electron chi connectivity index (χ1n) is 7.42. The third kappa shape index (κ3) is 3.18. The van der Waals surface area contributed by atoms with Crippen molar-refractivity contribution in [2.45, 2.75) is 0 Å². The summed E-state index contributed by atoms with van der Waals surface area (Å²) in [5.74, 6) is -0.240. The second-order valence-electron chi connectivity index (χ2n) is 5.21. The van der Waals surface area contributed by atoms with Crippen LogP contribution in [-0.2, 0) is 9.59 Å². The second kappa shape index (κ2) is 7.13. The zero-order chi connectivity index (χ0) is 18.0. The number of halogens is 1. The number of rotatable bonds is 6. The van der Waals surface area contributed by atoms with E-state index in [9.17, 15) is 9.59 Å². The van der Waals surface area contributed by atoms with E-state index >= 15 is 0 Å². The van der Waals surface area contributed by atoms with Crippen molar-refractivity contribution in [3.05, 3.63) is 64.0 Å². The summed E-state index contributed by atoms with van der Waals surface area (Å²) in [7, 11) is 1.52. The number of imide groups is 1. The normalized spacial score (nSPS) is 14.2. The van der Waals surface area contributed by atoms with E-state index in [4.69, 9.17) is 16.3 Å². The highest BCUT2D eigenvalue weighted by Gasteiger charge is 2.39.